The Bertz CT molecular complexity index is 2020. The molecule has 0 aliphatic carbocycles. The summed E-state index contributed by atoms with van der Waals surface area (Å²) in [6.45, 7) is 1.82. The molecule has 0 radical (unpaired) electrons. The number of carbonyl (C=O) groups excluding carboxylic acids is 2. The van der Waals surface area contributed by atoms with Gasteiger partial charge in [-0.05, 0) is 72.1 Å². The van der Waals surface area contributed by atoms with Gasteiger partial charge in [-0.15, -0.1) is 0 Å². The van der Waals surface area contributed by atoms with Crippen molar-refractivity contribution in [2.24, 2.45) is 5.73 Å². The number of benzene rings is 4. The number of nitrogens with zero attached hydrogens (tertiary/aromatic N) is 1. The van der Waals surface area contributed by atoms with Gasteiger partial charge >= 0.3 is 0 Å². The fraction of sp³-hybridized carbons (Fsp3) is 0.103. The third-order valence-corrected chi connectivity index (χ3v) is 8.39. The Morgan fingerprint density at radius 3 is 2.40 bits per heavy atom. The first-order valence-electron chi connectivity index (χ1n) is 12.4. The van der Waals surface area contributed by atoms with Crippen LogP contribution < -0.4 is 15.4 Å². The third-order valence-electron chi connectivity index (χ3n) is 6.80. The highest BCUT2D eigenvalue weighted by atomic mass is 32.2. The van der Waals surface area contributed by atoms with Gasteiger partial charge in [0.25, 0.3) is 11.8 Å². The molecule has 5 rings (SSSR count). The molecule has 1 aromatic heterocycles. The molecule has 0 saturated heterocycles. The number of sulfone groups is 1. The Balaban J connectivity index is 1.66. The number of aromatic amines is 1. The number of halogens is 1. The van der Waals surface area contributed by atoms with Gasteiger partial charge < -0.3 is 20.6 Å². The van der Waals surface area contributed by atoms with E-state index in [-0.39, 0.29) is 16.8 Å². The lowest BCUT2D eigenvalue weighted by molar-refractivity contribution is 0.0998. The fourth-order valence-corrected chi connectivity index (χ4v) is 6.64. The zero-order chi connectivity index (χ0) is 30.3. The maximum atomic E-state index is 13.3. The Hall–Kier alpha value is -4.59. The van der Waals surface area contributed by atoms with Crippen LogP contribution in [-0.4, -0.2) is 46.1 Å². The highest BCUT2D eigenvalue weighted by molar-refractivity contribution is 7.92. The molecule has 0 aliphatic heterocycles. The van der Waals surface area contributed by atoms with E-state index in [4.69, 9.17) is 5.73 Å². The number of carbonyl (C=O) groups is 2. The van der Waals surface area contributed by atoms with Crippen LogP contribution >= 0.6 is 0 Å². The largest absolute Gasteiger partial charge is 0.755 e. The van der Waals surface area contributed by atoms with Crippen molar-refractivity contribution >= 4 is 66.1 Å². The summed E-state index contributed by atoms with van der Waals surface area (Å²) < 4.78 is 61.5. The normalized spacial score (nSPS) is 12.4. The van der Waals surface area contributed by atoms with E-state index in [0.29, 0.717) is 42.9 Å². The summed E-state index contributed by atoms with van der Waals surface area (Å²) in [5, 5.41) is 4.11. The van der Waals surface area contributed by atoms with Crippen LogP contribution in [0.4, 0.5) is 15.8 Å². The molecule has 13 heteroatoms. The molecule has 4 N–H and O–H groups in total. The second kappa shape index (κ2) is 11.0. The first-order chi connectivity index (χ1) is 19.8. The van der Waals surface area contributed by atoms with Crippen molar-refractivity contribution in [2.75, 3.05) is 21.8 Å². The van der Waals surface area contributed by atoms with E-state index in [1.54, 1.807) is 30.3 Å². The van der Waals surface area contributed by atoms with E-state index < -0.39 is 44.6 Å². The van der Waals surface area contributed by atoms with Crippen molar-refractivity contribution < 1.29 is 31.2 Å². The van der Waals surface area contributed by atoms with Crippen LogP contribution in [-0.2, 0) is 21.1 Å². The predicted octanol–water partition coefficient (Wildman–Crippen LogP) is 4.39. The molecule has 42 heavy (non-hydrogen) atoms. The van der Waals surface area contributed by atoms with E-state index in [2.05, 4.69) is 10.3 Å². The maximum Gasteiger partial charge on any atom is 0.255 e. The summed E-state index contributed by atoms with van der Waals surface area (Å²) in [5.74, 6) is -2.31. The number of hydrogen-bond donors (Lipinski definition) is 3. The van der Waals surface area contributed by atoms with Gasteiger partial charge in [0, 0.05) is 45.1 Å². The lowest BCUT2D eigenvalue weighted by Gasteiger charge is -2.25. The summed E-state index contributed by atoms with van der Waals surface area (Å²) in [7, 11) is -3.68. The molecule has 0 aliphatic rings. The molecule has 0 fully saturated rings. The lowest BCUT2D eigenvalue weighted by Crippen LogP contribution is -2.31. The fourth-order valence-electron chi connectivity index (χ4n) is 4.86. The number of nitrogens with two attached hydrogens (primary N) is 1. The minimum absolute atomic E-state index is 0.108. The van der Waals surface area contributed by atoms with E-state index in [1.807, 2.05) is 13.0 Å². The van der Waals surface area contributed by atoms with Crippen molar-refractivity contribution in [3.05, 3.63) is 95.3 Å². The van der Waals surface area contributed by atoms with Gasteiger partial charge in [-0.25, -0.2) is 12.8 Å². The van der Waals surface area contributed by atoms with Crippen molar-refractivity contribution in [3.63, 3.8) is 0 Å². The third kappa shape index (κ3) is 5.62. The number of fused-ring (bicyclic) bond motifs is 3. The first-order valence-corrected chi connectivity index (χ1v) is 15.5. The molecule has 2 amide bonds. The Labute approximate surface area is 242 Å². The van der Waals surface area contributed by atoms with Crippen molar-refractivity contribution in [2.45, 2.75) is 6.92 Å². The molecule has 1 heterocycles. The molecular formula is C29H24FN4O6S2-. The highest BCUT2D eigenvalue weighted by Crippen LogP contribution is 2.40. The minimum Gasteiger partial charge on any atom is -0.755 e. The van der Waals surface area contributed by atoms with Crippen LogP contribution in [0.2, 0.25) is 0 Å². The molecule has 0 saturated carbocycles. The van der Waals surface area contributed by atoms with E-state index >= 15 is 0 Å². The smallest absolute Gasteiger partial charge is 0.255 e. The molecule has 1 unspecified atom stereocenters. The van der Waals surface area contributed by atoms with Crippen LogP contribution in [0.25, 0.3) is 32.9 Å². The SMILES string of the molecule is Cc1c(NC(=O)c2ccc(F)cc2)cccc1-c1ccc(C(N)=O)c2[nH]c3cc(N(CS(C)(=O)=O)S(=O)[O-])ccc3c12. The number of anilines is 2. The number of H-pyrrole nitrogens is 1. The van der Waals surface area contributed by atoms with Gasteiger partial charge in [0.05, 0.1) is 16.8 Å². The molecule has 216 valence electrons. The van der Waals surface area contributed by atoms with Gasteiger partial charge in [0.15, 0.2) is 9.84 Å². The standard InChI is InChI=1S/C29H25FN4O6S2/c1-16-20(4-3-5-24(16)33-29(36)17-6-8-18(30)9-7-17)21-12-13-23(28(31)35)27-26(21)22-11-10-19(14-25(22)32-27)34(41(37)38)15-42(2,39)40/h3-14,32H,15H2,1-2H3,(H2,31,35)(H,33,36)(H,37,38)/p-1. The van der Waals surface area contributed by atoms with Crippen LogP contribution in [0.3, 0.4) is 0 Å². The topological polar surface area (TPSA) is 165 Å². The van der Waals surface area contributed by atoms with Crippen molar-refractivity contribution in [1.82, 2.24) is 4.98 Å². The van der Waals surface area contributed by atoms with Gasteiger partial charge in [-0.2, -0.15) is 0 Å². The van der Waals surface area contributed by atoms with E-state index in [0.717, 1.165) is 11.8 Å². The number of rotatable bonds is 8. The zero-order valence-electron chi connectivity index (χ0n) is 22.3. The van der Waals surface area contributed by atoms with Gasteiger partial charge in [-0.1, -0.05) is 24.3 Å². The van der Waals surface area contributed by atoms with Crippen molar-refractivity contribution in [3.8, 4) is 11.1 Å². The highest BCUT2D eigenvalue weighted by Gasteiger charge is 2.21. The molecule has 5 aromatic rings. The summed E-state index contributed by atoms with van der Waals surface area (Å²) in [6, 6.07) is 18.4. The van der Waals surface area contributed by atoms with Crippen LogP contribution in [0.15, 0.2) is 72.8 Å². The van der Waals surface area contributed by atoms with Crippen LogP contribution in [0.1, 0.15) is 26.3 Å². The van der Waals surface area contributed by atoms with Crippen LogP contribution in [0.5, 0.6) is 0 Å². The van der Waals surface area contributed by atoms with Gasteiger partial charge in [-0.3, -0.25) is 18.1 Å². The summed E-state index contributed by atoms with van der Waals surface area (Å²) >= 11 is -2.87. The molecule has 1 atom stereocenters. The Morgan fingerprint density at radius 2 is 1.76 bits per heavy atom. The summed E-state index contributed by atoms with van der Waals surface area (Å²) in [4.78, 5) is 28.3. The van der Waals surface area contributed by atoms with E-state index in [1.165, 1.54) is 36.4 Å². The summed E-state index contributed by atoms with van der Waals surface area (Å²) in [6.07, 6.45) is 0.929. The number of aromatic nitrogens is 1. The van der Waals surface area contributed by atoms with Crippen LogP contribution in [0, 0.1) is 12.7 Å². The minimum atomic E-state index is -3.68. The maximum absolute atomic E-state index is 13.3. The Morgan fingerprint density at radius 1 is 1.05 bits per heavy atom. The zero-order valence-corrected chi connectivity index (χ0v) is 23.9. The Kier molecular flexibility index (Phi) is 7.58. The summed E-state index contributed by atoms with van der Waals surface area (Å²) in [5.41, 5.74) is 9.77. The molecular weight excluding hydrogens is 583 g/mol. The molecule has 0 spiro atoms. The molecule has 10 nitrogen and oxygen atoms in total. The number of primary amides is 1. The second-order valence-corrected chi connectivity index (χ2v) is 12.7. The second-order valence-electron chi connectivity index (χ2n) is 9.72. The average molecular weight is 608 g/mol. The van der Waals surface area contributed by atoms with E-state index in [9.17, 15) is 31.2 Å². The average Bonchev–Trinajstić information content (AvgIpc) is 3.31. The number of amides is 2. The number of hydrogen-bond acceptors (Lipinski definition) is 6. The molecule has 4 aromatic carbocycles. The van der Waals surface area contributed by atoms with Gasteiger partial charge in [0.2, 0.25) is 0 Å². The quantitative estimate of drug-likeness (QED) is 0.221. The van der Waals surface area contributed by atoms with Crippen molar-refractivity contribution in [1.29, 1.82) is 0 Å². The lowest BCUT2D eigenvalue weighted by atomic mass is 9.93. The number of nitrogens with one attached hydrogen (secondary N) is 2. The monoisotopic (exact) mass is 607 g/mol. The molecule has 0 bridgehead atoms. The first kappa shape index (κ1) is 28.9. The predicted molar refractivity (Wildman–Crippen MR) is 160 cm³/mol. The van der Waals surface area contributed by atoms with Gasteiger partial charge in [0.1, 0.15) is 11.7 Å².